The quantitative estimate of drug-likeness (QED) is 0.775. The van der Waals surface area contributed by atoms with Crippen molar-refractivity contribution in [3.8, 4) is 5.75 Å². The molecular weight excluding hydrogens is 312 g/mol. The highest BCUT2D eigenvalue weighted by atomic mass is 16.5. The van der Waals surface area contributed by atoms with Gasteiger partial charge in [-0.3, -0.25) is 0 Å². The highest BCUT2D eigenvalue weighted by molar-refractivity contribution is 5.71. The van der Waals surface area contributed by atoms with Crippen molar-refractivity contribution >= 4 is 23.0 Å². The van der Waals surface area contributed by atoms with Gasteiger partial charge in [-0.05, 0) is 42.7 Å². The molecule has 25 heavy (non-hydrogen) atoms. The summed E-state index contributed by atoms with van der Waals surface area (Å²) in [5.41, 5.74) is 4.64. The Morgan fingerprint density at radius 1 is 1.08 bits per heavy atom. The molecule has 5 heteroatoms. The number of aromatic nitrogens is 2. The molecule has 2 aromatic carbocycles. The standard InChI is InChI=1S/C20H20N4O/c1-14-7-8-18(25-2)16(11-14)23-19-12-20(22-13-21-19)24-10-9-15-5-3-4-6-17(15)24/h3-8,11-13H,9-10H2,1-2H3,(H,21,22,23). The Hall–Kier alpha value is -3.08. The first-order chi connectivity index (χ1) is 12.2. The number of hydrogen-bond acceptors (Lipinski definition) is 5. The second-order valence-electron chi connectivity index (χ2n) is 6.12. The van der Waals surface area contributed by atoms with Crippen LogP contribution in [0.15, 0.2) is 54.9 Å². The largest absolute Gasteiger partial charge is 0.495 e. The van der Waals surface area contributed by atoms with Crippen molar-refractivity contribution in [2.45, 2.75) is 13.3 Å². The number of nitrogens with zero attached hydrogens (tertiary/aromatic N) is 3. The Morgan fingerprint density at radius 2 is 1.96 bits per heavy atom. The van der Waals surface area contributed by atoms with Gasteiger partial charge in [0.1, 0.15) is 23.7 Å². The van der Waals surface area contributed by atoms with E-state index >= 15 is 0 Å². The molecule has 126 valence electrons. The van der Waals surface area contributed by atoms with Crippen molar-refractivity contribution in [1.29, 1.82) is 0 Å². The molecule has 3 aromatic rings. The lowest BCUT2D eigenvalue weighted by Crippen LogP contribution is -2.15. The van der Waals surface area contributed by atoms with Gasteiger partial charge in [-0.15, -0.1) is 0 Å². The van der Waals surface area contributed by atoms with Gasteiger partial charge >= 0.3 is 0 Å². The molecule has 1 aliphatic heterocycles. The Labute approximate surface area is 147 Å². The lowest BCUT2D eigenvalue weighted by Gasteiger charge is -2.19. The number of fused-ring (bicyclic) bond motifs is 1. The zero-order valence-electron chi connectivity index (χ0n) is 14.4. The highest BCUT2D eigenvalue weighted by Gasteiger charge is 2.21. The van der Waals surface area contributed by atoms with Crippen LogP contribution in [0.4, 0.5) is 23.0 Å². The van der Waals surface area contributed by atoms with Crippen molar-refractivity contribution in [2.24, 2.45) is 0 Å². The fourth-order valence-corrected chi connectivity index (χ4v) is 3.20. The smallest absolute Gasteiger partial charge is 0.142 e. The Balaban J connectivity index is 1.64. The molecule has 0 spiro atoms. The first-order valence-electron chi connectivity index (χ1n) is 8.34. The maximum absolute atomic E-state index is 5.43. The van der Waals surface area contributed by atoms with Crippen LogP contribution in [0.25, 0.3) is 0 Å². The van der Waals surface area contributed by atoms with Gasteiger partial charge in [-0.2, -0.15) is 0 Å². The van der Waals surface area contributed by atoms with E-state index in [1.807, 2.05) is 24.3 Å². The summed E-state index contributed by atoms with van der Waals surface area (Å²) in [6, 6.07) is 16.5. The first-order valence-corrected chi connectivity index (χ1v) is 8.34. The molecule has 0 bridgehead atoms. The molecule has 5 nitrogen and oxygen atoms in total. The van der Waals surface area contributed by atoms with Crippen LogP contribution in [0, 0.1) is 6.92 Å². The summed E-state index contributed by atoms with van der Waals surface area (Å²) in [7, 11) is 1.67. The second kappa shape index (κ2) is 6.43. The Morgan fingerprint density at radius 3 is 2.84 bits per heavy atom. The van der Waals surface area contributed by atoms with Crippen molar-refractivity contribution in [3.63, 3.8) is 0 Å². The molecule has 0 amide bonds. The molecule has 0 atom stereocenters. The van der Waals surface area contributed by atoms with Gasteiger partial charge in [0.15, 0.2) is 0 Å². The second-order valence-corrected chi connectivity index (χ2v) is 6.12. The van der Waals surface area contributed by atoms with Crippen molar-refractivity contribution < 1.29 is 4.74 Å². The SMILES string of the molecule is COc1ccc(C)cc1Nc1cc(N2CCc3ccccc32)ncn1. The fourth-order valence-electron chi connectivity index (χ4n) is 3.20. The molecule has 1 aliphatic rings. The molecule has 0 saturated carbocycles. The van der Waals surface area contributed by atoms with E-state index in [9.17, 15) is 0 Å². The number of rotatable bonds is 4. The van der Waals surface area contributed by atoms with Gasteiger partial charge in [0.25, 0.3) is 0 Å². The van der Waals surface area contributed by atoms with Gasteiger partial charge in [-0.25, -0.2) is 9.97 Å². The number of hydrogen-bond donors (Lipinski definition) is 1. The molecule has 0 radical (unpaired) electrons. The average molecular weight is 332 g/mol. The van der Waals surface area contributed by atoms with Crippen molar-refractivity contribution in [1.82, 2.24) is 9.97 Å². The van der Waals surface area contributed by atoms with Crippen LogP contribution in [0.2, 0.25) is 0 Å². The van der Waals surface area contributed by atoms with E-state index in [0.29, 0.717) is 0 Å². The minimum absolute atomic E-state index is 0.748. The monoisotopic (exact) mass is 332 g/mol. The van der Waals surface area contributed by atoms with Crippen LogP contribution in [0.1, 0.15) is 11.1 Å². The minimum Gasteiger partial charge on any atom is -0.495 e. The van der Waals surface area contributed by atoms with Gasteiger partial charge in [0.05, 0.1) is 12.8 Å². The average Bonchev–Trinajstić information content (AvgIpc) is 3.06. The first kappa shape index (κ1) is 15.4. The van der Waals surface area contributed by atoms with Gasteiger partial charge in [0, 0.05) is 18.3 Å². The molecule has 0 saturated heterocycles. The summed E-state index contributed by atoms with van der Waals surface area (Å²) in [5.74, 6) is 2.43. The zero-order valence-corrected chi connectivity index (χ0v) is 14.4. The van der Waals surface area contributed by atoms with Crippen LogP contribution >= 0.6 is 0 Å². The number of benzene rings is 2. The topological polar surface area (TPSA) is 50.3 Å². The predicted molar refractivity (Wildman–Crippen MR) is 100 cm³/mol. The van der Waals surface area contributed by atoms with Crippen LogP contribution < -0.4 is 15.0 Å². The lowest BCUT2D eigenvalue weighted by molar-refractivity contribution is 0.416. The van der Waals surface area contributed by atoms with E-state index in [4.69, 9.17) is 4.74 Å². The predicted octanol–water partition coefficient (Wildman–Crippen LogP) is 4.23. The van der Waals surface area contributed by atoms with Crippen molar-refractivity contribution in [3.05, 3.63) is 66.0 Å². The van der Waals surface area contributed by atoms with Crippen molar-refractivity contribution in [2.75, 3.05) is 23.9 Å². The molecule has 0 fully saturated rings. The molecule has 1 aromatic heterocycles. The van der Waals surface area contributed by atoms with E-state index in [1.54, 1.807) is 13.4 Å². The highest BCUT2D eigenvalue weighted by Crippen LogP contribution is 2.34. The molecule has 2 heterocycles. The number of aryl methyl sites for hydroxylation is 1. The lowest BCUT2D eigenvalue weighted by atomic mass is 10.2. The third-order valence-electron chi connectivity index (χ3n) is 4.43. The molecule has 1 N–H and O–H groups in total. The number of anilines is 4. The fraction of sp³-hybridized carbons (Fsp3) is 0.200. The van der Waals surface area contributed by atoms with E-state index < -0.39 is 0 Å². The Bertz CT molecular complexity index is 910. The van der Waals surface area contributed by atoms with Gasteiger partial charge in [0.2, 0.25) is 0 Å². The molecule has 0 unspecified atom stereocenters. The van der Waals surface area contributed by atoms with E-state index in [0.717, 1.165) is 41.6 Å². The van der Waals surface area contributed by atoms with E-state index in [-0.39, 0.29) is 0 Å². The summed E-state index contributed by atoms with van der Waals surface area (Å²) < 4.78 is 5.43. The van der Waals surface area contributed by atoms with Crippen LogP contribution in [-0.4, -0.2) is 23.6 Å². The number of methoxy groups -OCH3 is 1. The summed E-state index contributed by atoms with van der Waals surface area (Å²) >= 11 is 0. The maximum atomic E-state index is 5.43. The number of nitrogens with one attached hydrogen (secondary N) is 1. The Kier molecular flexibility index (Phi) is 3.98. The summed E-state index contributed by atoms with van der Waals surface area (Å²) in [5, 5.41) is 3.35. The summed E-state index contributed by atoms with van der Waals surface area (Å²) in [6.45, 7) is 2.99. The third-order valence-corrected chi connectivity index (χ3v) is 4.43. The molecule has 4 rings (SSSR count). The van der Waals surface area contributed by atoms with Crippen LogP contribution in [0.5, 0.6) is 5.75 Å². The minimum atomic E-state index is 0.748. The number of para-hydroxylation sites is 1. The van der Waals surface area contributed by atoms with Crippen LogP contribution in [-0.2, 0) is 6.42 Å². The number of ether oxygens (including phenoxy) is 1. The van der Waals surface area contributed by atoms with Gasteiger partial charge in [-0.1, -0.05) is 24.3 Å². The molecule has 0 aliphatic carbocycles. The maximum Gasteiger partial charge on any atom is 0.142 e. The molecular formula is C20H20N4O. The summed E-state index contributed by atoms with van der Waals surface area (Å²) in [6.07, 6.45) is 2.63. The van der Waals surface area contributed by atoms with Gasteiger partial charge < -0.3 is 15.0 Å². The van der Waals surface area contributed by atoms with E-state index in [1.165, 1.54) is 11.3 Å². The zero-order chi connectivity index (χ0) is 17.2. The normalized spacial score (nSPS) is 12.8. The van der Waals surface area contributed by atoms with Crippen LogP contribution in [0.3, 0.4) is 0 Å². The summed E-state index contributed by atoms with van der Waals surface area (Å²) in [4.78, 5) is 11.1. The third kappa shape index (κ3) is 3.01. The van der Waals surface area contributed by atoms with E-state index in [2.05, 4.69) is 51.4 Å².